The zero-order valence-corrected chi connectivity index (χ0v) is 10.5. The number of phenolic OH excluding ortho intramolecular Hbond substituents is 1. The number of urea groups is 1. The lowest BCUT2D eigenvalue weighted by Crippen LogP contribution is -2.44. The van der Waals surface area contributed by atoms with Gasteiger partial charge in [0.05, 0.1) is 0 Å². The maximum atomic E-state index is 11.4. The van der Waals surface area contributed by atoms with E-state index in [4.69, 9.17) is 5.11 Å². The third-order valence-corrected chi connectivity index (χ3v) is 2.28. The molecule has 17 heavy (non-hydrogen) atoms. The van der Waals surface area contributed by atoms with E-state index < -0.39 is 0 Å². The largest absolute Gasteiger partial charge is 0.508 e. The molecule has 4 heteroatoms. The van der Waals surface area contributed by atoms with E-state index in [9.17, 15) is 4.79 Å². The maximum Gasteiger partial charge on any atom is 0.315 e. The van der Waals surface area contributed by atoms with Gasteiger partial charge in [0, 0.05) is 12.1 Å². The van der Waals surface area contributed by atoms with E-state index in [0.29, 0.717) is 0 Å². The summed E-state index contributed by atoms with van der Waals surface area (Å²) >= 11 is 0. The minimum atomic E-state index is -0.147. The van der Waals surface area contributed by atoms with Crippen LogP contribution < -0.4 is 10.6 Å². The van der Waals surface area contributed by atoms with Crippen molar-refractivity contribution in [3.8, 4) is 5.75 Å². The molecule has 0 aromatic heterocycles. The van der Waals surface area contributed by atoms with Crippen molar-refractivity contribution >= 4 is 6.03 Å². The fourth-order valence-corrected chi connectivity index (χ4v) is 1.56. The molecule has 0 saturated carbocycles. The first kappa shape index (κ1) is 13.4. The summed E-state index contributed by atoms with van der Waals surface area (Å²) in [6, 6.07) is 7.05. The van der Waals surface area contributed by atoms with Gasteiger partial charge in [-0.25, -0.2) is 4.79 Å². The van der Waals surface area contributed by atoms with Crippen LogP contribution in [0.1, 0.15) is 26.3 Å². The van der Waals surface area contributed by atoms with Crippen LogP contribution in [-0.2, 0) is 6.42 Å². The predicted octanol–water partition coefficient (Wildman–Crippen LogP) is 2.03. The molecule has 0 aliphatic rings. The van der Waals surface area contributed by atoms with E-state index in [1.807, 2.05) is 32.9 Å². The minimum Gasteiger partial charge on any atom is -0.508 e. The van der Waals surface area contributed by atoms with Crippen molar-refractivity contribution in [3.05, 3.63) is 29.8 Å². The summed E-state index contributed by atoms with van der Waals surface area (Å²) in [6.07, 6.45) is 0.742. The fourth-order valence-electron chi connectivity index (χ4n) is 1.56. The summed E-state index contributed by atoms with van der Waals surface area (Å²) in [6.45, 7) is 5.79. The first-order valence-corrected chi connectivity index (χ1v) is 5.82. The third-order valence-electron chi connectivity index (χ3n) is 2.28. The molecule has 0 radical (unpaired) electrons. The van der Waals surface area contributed by atoms with E-state index in [1.54, 1.807) is 12.1 Å². The third kappa shape index (κ3) is 5.24. The van der Waals surface area contributed by atoms with Crippen molar-refractivity contribution in [2.24, 2.45) is 0 Å². The number of rotatable bonds is 4. The second kappa shape index (κ2) is 6.13. The quantitative estimate of drug-likeness (QED) is 0.749. The second-order valence-corrected chi connectivity index (χ2v) is 4.54. The van der Waals surface area contributed by atoms with Crippen LogP contribution in [0.5, 0.6) is 5.75 Å². The van der Waals surface area contributed by atoms with E-state index >= 15 is 0 Å². The molecule has 1 aromatic rings. The Kier molecular flexibility index (Phi) is 4.82. The van der Waals surface area contributed by atoms with Crippen LogP contribution in [0.15, 0.2) is 24.3 Å². The number of benzene rings is 1. The molecular formula is C13H20N2O2. The Hall–Kier alpha value is -1.71. The van der Waals surface area contributed by atoms with Gasteiger partial charge < -0.3 is 15.7 Å². The van der Waals surface area contributed by atoms with Crippen LogP contribution in [-0.4, -0.2) is 23.2 Å². The van der Waals surface area contributed by atoms with Crippen LogP contribution in [0, 0.1) is 0 Å². The molecular weight excluding hydrogens is 216 g/mol. The number of aromatic hydroxyl groups is 1. The van der Waals surface area contributed by atoms with Gasteiger partial charge in [0.15, 0.2) is 0 Å². The monoisotopic (exact) mass is 236 g/mol. The molecule has 1 aromatic carbocycles. The van der Waals surface area contributed by atoms with E-state index in [2.05, 4.69) is 10.6 Å². The number of phenols is 1. The smallest absolute Gasteiger partial charge is 0.315 e. The standard InChI is InChI=1S/C13H20N2O2/c1-9(2)14-13(17)15-10(3)8-11-4-6-12(16)7-5-11/h4-7,9-10,16H,8H2,1-3H3,(H2,14,15,17)/t10-/m0/s1. The number of hydrogen-bond acceptors (Lipinski definition) is 2. The SMILES string of the molecule is CC(C)NC(=O)N[C@@H](C)Cc1ccc(O)cc1. The Morgan fingerprint density at radius 1 is 1.18 bits per heavy atom. The Bertz CT molecular complexity index is 360. The first-order chi connectivity index (χ1) is 7.97. The molecule has 0 aliphatic heterocycles. The summed E-state index contributed by atoms with van der Waals surface area (Å²) in [4.78, 5) is 11.4. The lowest BCUT2D eigenvalue weighted by atomic mass is 10.1. The number of nitrogens with one attached hydrogen (secondary N) is 2. The predicted molar refractivity (Wildman–Crippen MR) is 68.1 cm³/mol. The maximum absolute atomic E-state index is 11.4. The Labute approximate surface area is 102 Å². The lowest BCUT2D eigenvalue weighted by Gasteiger charge is -2.16. The number of hydrogen-bond donors (Lipinski definition) is 3. The number of carbonyl (C=O) groups is 1. The number of carbonyl (C=O) groups excluding carboxylic acids is 1. The second-order valence-electron chi connectivity index (χ2n) is 4.54. The number of amides is 2. The van der Waals surface area contributed by atoms with Crippen LogP contribution >= 0.6 is 0 Å². The normalized spacial score (nSPS) is 12.2. The molecule has 2 amide bonds. The van der Waals surface area contributed by atoms with Gasteiger partial charge in [-0.15, -0.1) is 0 Å². The molecule has 0 bridgehead atoms. The molecule has 0 fully saturated rings. The highest BCUT2D eigenvalue weighted by Gasteiger charge is 2.08. The van der Waals surface area contributed by atoms with Gasteiger partial charge in [-0.05, 0) is 44.9 Å². The molecule has 0 spiro atoms. The highest BCUT2D eigenvalue weighted by Crippen LogP contribution is 2.11. The van der Waals surface area contributed by atoms with Crippen molar-refractivity contribution < 1.29 is 9.90 Å². The fraction of sp³-hybridized carbons (Fsp3) is 0.462. The van der Waals surface area contributed by atoms with Crippen molar-refractivity contribution in [1.82, 2.24) is 10.6 Å². The average Bonchev–Trinajstić information content (AvgIpc) is 2.19. The van der Waals surface area contributed by atoms with Crippen molar-refractivity contribution in [1.29, 1.82) is 0 Å². The van der Waals surface area contributed by atoms with Crippen LogP contribution in [0.3, 0.4) is 0 Å². The van der Waals surface area contributed by atoms with Crippen LogP contribution in [0.2, 0.25) is 0 Å². The molecule has 1 atom stereocenters. The van der Waals surface area contributed by atoms with Gasteiger partial charge >= 0.3 is 6.03 Å². The van der Waals surface area contributed by atoms with E-state index in [1.165, 1.54) is 0 Å². The molecule has 0 saturated heterocycles. The molecule has 94 valence electrons. The molecule has 3 N–H and O–H groups in total. The van der Waals surface area contributed by atoms with Gasteiger partial charge in [0.2, 0.25) is 0 Å². The van der Waals surface area contributed by atoms with Gasteiger partial charge in [-0.2, -0.15) is 0 Å². The average molecular weight is 236 g/mol. The molecule has 0 unspecified atom stereocenters. The Morgan fingerprint density at radius 3 is 2.29 bits per heavy atom. The first-order valence-electron chi connectivity index (χ1n) is 5.82. The topological polar surface area (TPSA) is 61.4 Å². The Morgan fingerprint density at radius 2 is 1.76 bits per heavy atom. The summed E-state index contributed by atoms with van der Waals surface area (Å²) in [5, 5.41) is 14.8. The molecule has 0 heterocycles. The zero-order valence-electron chi connectivity index (χ0n) is 10.5. The van der Waals surface area contributed by atoms with E-state index in [0.717, 1.165) is 12.0 Å². The Balaban J connectivity index is 2.41. The molecule has 0 aliphatic carbocycles. The summed E-state index contributed by atoms with van der Waals surface area (Å²) in [5.74, 6) is 0.256. The van der Waals surface area contributed by atoms with E-state index in [-0.39, 0.29) is 23.9 Å². The van der Waals surface area contributed by atoms with Gasteiger partial charge in [-0.1, -0.05) is 12.1 Å². The zero-order chi connectivity index (χ0) is 12.8. The van der Waals surface area contributed by atoms with Crippen LogP contribution in [0.4, 0.5) is 4.79 Å². The highest BCUT2D eigenvalue weighted by atomic mass is 16.3. The summed E-state index contributed by atoms with van der Waals surface area (Å²) in [7, 11) is 0. The summed E-state index contributed by atoms with van der Waals surface area (Å²) < 4.78 is 0. The molecule has 4 nitrogen and oxygen atoms in total. The molecule has 1 rings (SSSR count). The highest BCUT2D eigenvalue weighted by molar-refractivity contribution is 5.74. The van der Waals surface area contributed by atoms with Crippen molar-refractivity contribution in [3.63, 3.8) is 0 Å². The van der Waals surface area contributed by atoms with Crippen molar-refractivity contribution in [2.75, 3.05) is 0 Å². The van der Waals surface area contributed by atoms with Gasteiger partial charge in [0.1, 0.15) is 5.75 Å². The van der Waals surface area contributed by atoms with Crippen molar-refractivity contribution in [2.45, 2.75) is 39.3 Å². The summed E-state index contributed by atoms with van der Waals surface area (Å²) in [5.41, 5.74) is 1.08. The van der Waals surface area contributed by atoms with Gasteiger partial charge in [-0.3, -0.25) is 0 Å². The lowest BCUT2D eigenvalue weighted by molar-refractivity contribution is 0.235. The van der Waals surface area contributed by atoms with Gasteiger partial charge in [0.25, 0.3) is 0 Å². The van der Waals surface area contributed by atoms with Crippen LogP contribution in [0.25, 0.3) is 0 Å². The minimum absolute atomic E-state index is 0.0540.